The van der Waals surface area contributed by atoms with Gasteiger partial charge in [0.2, 0.25) is 0 Å². The number of carbonyl (C=O) groups is 1. The minimum Gasteiger partial charge on any atom is -0.476 e. The molecular weight excluding hydrogens is 374 g/mol. The number of halogens is 1. The number of hydrogen-bond donors (Lipinski definition) is 2. The molecule has 0 saturated carbocycles. The van der Waals surface area contributed by atoms with Crippen LogP contribution in [0.4, 0.5) is 5.82 Å². The Bertz CT molecular complexity index is 952. The van der Waals surface area contributed by atoms with Crippen molar-refractivity contribution in [2.24, 2.45) is 0 Å². The van der Waals surface area contributed by atoms with E-state index in [2.05, 4.69) is 15.5 Å². The fourth-order valence-corrected chi connectivity index (χ4v) is 4.26. The molecule has 2 N–H and O–H groups in total. The van der Waals surface area contributed by atoms with E-state index in [1.165, 1.54) is 11.3 Å². The van der Waals surface area contributed by atoms with E-state index in [0.29, 0.717) is 22.1 Å². The number of benzene rings is 1. The Morgan fingerprint density at radius 1 is 1.31 bits per heavy atom. The van der Waals surface area contributed by atoms with Gasteiger partial charge in [0.15, 0.2) is 11.5 Å². The van der Waals surface area contributed by atoms with Gasteiger partial charge >= 0.3 is 5.97 Å². The highest BCUT2D eigenvalue weighted by Gasteiger charge is 2.21. The Labute approximate surface area is 158 Å². The van der Waals surface area contributed by atoms with Gasteiger partial charge in [-0.3, -0.25) is 0 Å². The van der Waals surface area contributed by atoms with E-state index in [0.717, 1.165) is 35.3 Å². The van der Waals surface area contributed by atoms with Crippen LogP contribution in [0.15, 0.2) is 30.3 Å². The van der Waals surface area contributed by atoms with E-state index in [1.54, 1.807) is 0 Å². The molecule has 1 unspecified atom stereocenters. The van der Waals surface area contributed by atoms with E-state index >= 15 is 0 Å². The second-order valence-electron chi connectivity index (χ2n) is 6.12. The van der Waals surface area contributed by atoms with Crippen molar-refractivity contribution in [2.75, 3.05) is 18.5 Å². The highest BCUT2D eigenvalue weighted by molar-refractivity contribution is 7.22. The number of aromatic carboxylic acids is 1. The molecule has 0 radical (unpaired) electrons. The van der Waals surface area contributed by atoms with Crippen LogP contribution < -0.4 is 5.32 Å². The first kappa shape index (κ1) is 17.2. The second-order valence-corrected chi connectivity index (χ2v) is 7.61. The fourth-order valence-electron chi connectivity index (χ4n) is 2.99. The lowest BCUT2D eigenvalue weighted by molar-refractivity contribution is 0.0692. The number of carboxylic acids is 1. The Morgan fingerprint density at radius 2 is 2.12 bits per heavy atom. The molecule has 8 heteroatoms. The van der Waals surface area contributed by atoms with E-state index in [-0.39, 0.29) is 11.7 Å². The molecule has 1 fully saturated rings. The van der Waals surface area contributed by atoms with Gasteiger partial charge in [-0.2, -0.15) is 0 Å². The molecule has 0 bridgehead atoms. The van der Waals surface area contributed by atoms with Crippen molar-refractivity contribution < 1.29 is 14.6 Å². The third-order valence-electron chi connectivity index (χ3n) is 4.28. The Morgan fingerprint density at radius 3 is 2.81 bits per heavy atom. The normalized spacial score (nSPS) is 17.3. The van der Waals surface area contributed by atoms with E-state index in [1.807, 2.05) is 30.3 Å². The van der Waals surface area contributed by atoms with E-state index in [4.69, 9.17) is 16.3 Å². The number of aromatic nitrogens is 2. The first-order valence-corrected chi connectivity index (χ1v) is 9.45. The third-order valence-corrected chi connectivity index (χ3v) is 5.73. The van der Waals surface area contributed by atoms with Crippen LogP contribution in [0.5, 0.6) is 0 Å². The Balaban J connectivity index is 1.78. The number of ether oxygens (including phenoxy) is 1. The molecule has 3 heterocycles. The summed E-state index contributed by atoms with van der Waals surface area (Å²) in [6.07, 6.45) is 1.97. The largest absolute Gasteiger partial charge is 0.476 e. The molecule has 0 aliphatic carbocycles. The molecule has 1 aliphatic rings. The minimum absolute atomic E-state index is 0.0318. The summed E-state index contributed by atoms with van der Waals surface area (Å²) < 4.78 is 6.11. The number of thiophene rings is 1. The number of fused-ring (bicyclic) bond motifs is 1. The SMILES string of the molecule is O=C(O)c1nnc(NC2CCCOC2)c2cc(-c3ccc(Cl)cc3)sc12. The second kappa shape index (κ2) is 7.19. The predicted molar refractivity (Wildman–Crippen MR) is 102 cm³/mol. The first-order chi connectivity index (χ1) is 12.6. The van der Waals surface area contributed by atoms with Crippen molar-refractivity contribution in [3.8, 4) is 10.4 Å². The maximum absolute atomic E-state index is 11.6. The summed E-state index contributed by atoms with van der Waals surface area (Å²) in [6.45, 7) is 1.38. The zero-order valence-corrected chi connectivity index (χ0v) is 15.3. The van der Waals surface area contributed by atoms with Crippen molar-refractivity contribution in [1.82, 2.24) is 10.2 Å². The molecule has 134 valence electrons. The summed E-state index contributed by atoms with van der Waals surface area (Å²) in [5.41, 5.74) is 0.939. The van der Waals surface area contributed by atoms with Crippen molar-refractivity contribution in [2.45, 2.75) is 18.9 Å². The number of nitrogens with zero attached hydrogens (tertiary/aromatic N) is 2. The molecule has 3 aromatic rings. The zero-order valence-electron chi connectivity index (χ0n) is 13.7. The number of anilines is 1. The molecule has 26 heavy (non-hydrogen) atoms. The summed E-state index contributed by atoms with van der Waals surface area (Å²) in [4.78, 5) is 12.5. The van der Waals surface area contributed by atoms with Crippen molar-refractivity contribution in [3.63, 3.8) is 0 Å². The number of carboxylic acid groups (broad SMARTS) is 1. The lowest BCUT2D eigenvalue weighted by Gasteiger charge is -2.23. The number of hydrogen-bond acceptors (Lipinski definition) is 6. The van der Waals surface area contributed by atoms with Crippen LogP contribution in [0.3, 0.4) is 0 Å². The smallest absolute Gasteiger partial charge is 0.357 e. The Hall–Kier alpha value is -2.22. The van der Waals surface area contributed by atoms with Crippen LogP contribution in [0.2, 0.25) is 5.02 Å². The van der Waals surface area contributed by atoms with Gasteiger partial charge in [0.1, 0.15) is 0 Å². The van der Waals surface area contributed by atoms with Gasteiger partial charge in [-0.15, -0.1) is 21.5 Å². The van der Waals surface area contributed by atoms with E-state index in [9.17, 15) is 9.90 Å². The molecule has 0 spiro atoms. The molecule has 4 rings (SSSR count). The molecule has 2 aromatic heterocycles. The van der Waals surface area contributed by atoms with Gasteiger partial charge < -0.3 is 15.2 Å². The van der Waals surface area contributed by atoms with Gasteiger partial charge in [-0.25, -0.2) is 4.79 Å². The number of rotatable bonds is 4. The van der Waals surface area contributed by atoms with Gasteiger partial charge in [-0.05, 0) is 36.6 Å². The van der Waals surface area contributed by atoms with Crippen LogP contribution in [0.1, 0.15) is 23.3 Å². The molecule has 1 atom stereocenters. The molecule has 1 saturated heterocycles. The highest BCUT2D eigenvalue weighted by atomic mass is 35.5. The molecule has 6 nitrogen and oxygen atoms in total. The quantitative estimate of drug-likeness (QED) is 0.692. The lowest BCUT2D eigenvalue weighted by Crippen LogP contribution is -2.30. The van der Waals surface area contributed by atoms with E-state index < -0.39 is 5.97 Å². The first-order valence-electron chi connectivity index (χ1n) is 8.25. The maximum atomic E-state index is 11.6. The predicted octanol–water partition coefficient (Wildman–Crippen LogP) is 4.30. The highest BCUT2D eigenvalue weighted by Crippen LogP contribution is 2.38. The average Bonchev–Trinajstić information content (AvgIpc) is 3.09. The summed E-state index contributed by atoms with van der Waals surface area (Å²) in [7, 11) is 0. The van der Waals surface area contributed by atoms with Crippen molar-refractivity contribution >= 4 is 44.8 Å². The van der Waals surface area contributed by atoms with Gasteiger partial charge in [0, 0.05) is 21.9 Å². The lowest BCUT2D eigenvalue weighted by atomic mass is 10.1. The standard InChI is InChI=1S/C18H16ClN3O3S/c19-11-5-3-10(4-6-11)14-8-13-16(26-14)15(18(23)24)21-22-17(13)20-12-2-1-7-25-9-12/h3-6,8,12H,1-2,7,9H2,(H,20,22)(H,23,24). The van der Waals surface area contributed by atoms with Gasteiger partial charge in [-0.1, -0.05) is 23.7 Å². The van der Waals surface area contributed by atoms with Crippen LogP contribution in [0.25, 0.3) is 20.5 Å². The van der Waals surface area contributed by atoms with Gasteiger partial charge in [0.05, 0.1) is 17.3 Å². The molecular formula is C18H16ClN3O3S. The molecule has 1 aliphatic heterocycles. The minimum atomic E-state index is -1.08. The molecule has 0 amide bonds. The Kier molecular flexibility index (Phi) is 4.76. The third kappa shape index (κ3) is 3.38. The van der Waals surface area contributed by atoms with Crippen LogP contribution in [-0.4, -0.2) is 40.5 Å². The van der Waals surface area contributed by atoms with Gasteiger partial charge in [0.25, 0.3) is 0 Å². The van der Waals surface area contributed by atoms with Crippen molar-refractivity contribution in [3.05, 3.63) is 41.0 Å². The van der Waals surface area contributed by atoms with Crippen molar-refractivity contribution in [1.29, 1.82) is 0 Å². The topological polar surface area (TPSA) is 84.3 Å². The average molecular weight is 390 g/mol. The summed E-state index contributed by atoms with van der Waals surface area (Å²) in [5, 5.41) is 22.3. The summed E-state index contributed by atoms with van der Waals surface area (Å²) >= 11 is 7.35. The van der Waals surface area contributed by atoms with Crippen LogP contribution in [-0.2, 0) is 4.74 Å². The fraction of sp³-hybridized carbons (Fsp3) is 0.278. The summed E-state index contributed by atoms with van der Waals surface area (Å²) in [6, 6.07) is 9.56. The van der Waals surface area contributed by atoms with Crippen LogP contribution in [0, 0.1) is 0 Å². The maximum Gasteiger partial charge on any atom is 0.357 e. The van der Waals surface area contributed by atoms with Crippen LogP contribution >= 0.6 is 22.9 Å². The molecule has 1 aromatic carbocycles. The number of nitrogens with one attached hydrogen (secondary N) is 1. The zero-order chi connectivity index (χ0) is 18.1. The monoisotopic (exact) mass is 389 g/mol. The summed E-state index contributed by atoms with van der Waals surface area (Å²) in [5.74, 6) is -0.489.